The van der Waals surface area contributed by atoms with E-state index >= 15 is 0 Å². The quantitative estimate of drug-likeness (QED) is 0.309. The van der Waals surface area contributed by atoms with E-state index in [1.165, 1.54) is 0 Å². The Morgan fingerprint density at radius 2 is 2.22 bits per heavy atom. The summed E-state index contributed by atoms with van der Waals surface area (Å²) in [6, 6.07) is 0. The molecule has 5 heteroatoms. The van der Waals surface area contributed by atoms with Crippen molar-refractivity contribution in [2.75, 3.05) is 0 Å². The van der Waals surface area contributed by atoms with Crippen LogP contribution in [0.5, 0.6) is 0 Å². The predicted molar refractivity (Wildman–Crippen MR) is 27.8 cm³/mol. The number of carbonyl (C=O) groups is 1. The van der Waals surface area contributed by atoms with Gasteiger partial charge in [-0.15, -0.1) is 0 Å². The lowest BCUT2D eigenvalue weighted by molar-refractivity contribution is -0.264. The van der Waals surface area contributed by atoms with Crippen molar-refractivity contribution in [3.63, 3.8) is 0 Å². The zero-order chi connectivity index (χ0) is 7.28. The average molecular weight is 133 g/mol. The van der Waals surface area contributed by atoms with E-state index in [4.69, 9.17) is 10.8 Å². The maximum atomic E-state index is 9.94. The summed E-state index contributed by atoms with van der Waals surface area (Å²) in [5.41, 5.74) is 4.73. The van der Waals surface area contributed by atoms with Crippen molar-refractivity contribution >= 4 is 5.97 Å². The molecule has 0 aliphatic heterocycles. The van der Waals surface area contributed by atoms with Crippen LogP contribution in [0.2, 0.25) is 0 Å². The molecule has 0 fully saturated rings. The van der Waals surface area contributed by atoms with Crippen LogP contribution in [-0.2, 0) is 14.6 Å². The lowest BCUT2D eigenvalue weighted by Crippen LogP contribution is -2.01. The second kappa shape index (κ2) is 3.59. The molecule has 0 aromatic heterocycles. The Morgan fingerprint density at radius 1 is 1.67 bits per heavy atom. The molecule has 0 radical (unpaired) electrons. The van der Waals surface area contributed by atoms with Gasteiger partial charge in [0.1, 0.15) is 0 Å². The van der Waals surface area contributed by atoms with Gasteiger partial charge in [0.2, 0.25) is 0 Å². The zero-order valence-corrected chi connectivity index (χ0v) is 4.83. The Bertz CT molecular complexity index is 131. The highest BCUT2D eigenvalue weighted by Gasteiger charge is 1.95. The number of rotatable bonds is 2. The number of aliphatic hydroxyl groups excluding tert-OH is 1. The first-order chi connectivity index (χ1) is 4.16. The number of hydrogen-bond donors (Lipinski definition) is 2. The van der Waals surface area contributed by atoms with E-state index in [2.05, 4.69) is 9.78 Å². The van der Waals surface area contributed by atoms with E-state index < -0.39 is 11.9 Å². The molecule has 0 aromatic rings. The maximum Gasteiger partial charge on any atom is 0.352 e. The van der Waals surface area contributed by atoms with Crippen LogP contribution < -0.4 is 5.73 Å². The van der Waals surface area contributed by atoms with Crippen LogP contribution in [0.25, 0.3) is 0 Å². The van der Waals surface area contributed by atoms with Gasteiger partial charge in [0.25, 0.3) is 0 Å². The maximum absolute atomic E-state index is 9.94. The molecule has 0 rings (SSSR count). The molecule has 0 heterocycles. The van der Waals surface area contributed by atoms with E-state index in [0.29, 0.717) is 0 Å². The van der Waals surface area contributed by atoms with Crippen LogP contribution in [0.15, 0.2) is 12.1 Å². The third-order valence-corrected chi connectivity index (χ3v) is 0.387. The first-order valence-electron chi connectivity index (χ1n) is 2.12. The van der Waals surface area contributed by atoms with Crippen molar-refractivity contribution < 1.29 is 19.7 Å². The molecule has 3 N–H and O–H groups in total. The molecule has 0 bridgehead atoms. The van der Waals surface area contributed by atoms with Crippen LogP contribution in [0.1, 0.15) is 6.92 Å². The minimum absolute atomic E-state index is 0.648. The van der Waals surface area contributed by atoms with Gasteiger partial charge in [-0.2, -0.15) is 0 Å². The fraction of sp³-hybridized carbons (Fsp3) is 0.250. The Balaban J connectivity index is 3.39. The first-order valence-corrected chi connectivity index (χ1v) is 2.12. The van der Waals surface area contributed by atoms with Gasteiger partial charge in [-0.25, -0.2) is 14.6 Å². The fourth-order valence-electron chi connectivity index (χ4n) is 0.129. The molecule has 0 aliphatic carbocycles. The second-order valence-corrected chi connectivity index (χ2v) is 1.16. The molecule has 0 spiro atoms. The standard InChI is InChI=1S/C4H7NO4/c1-3(6)8-9-4(7)2-5/h2,7H,5H2,1H3/b4-2-. The smallest absolute Gasteiger partial charge is 0.352 e. The molecule has 52 valence electrons. The molecular weight excluding hydrogens is 126 g/mol. The van der Waals surface area contributed by atoms with Crippen molar-refractivity contribution in [3.8, 4) is 0 Å². The topological polar surface area (TPSA) is 81.8 Å². The van der Waals surface area contributed by atoms with Gasteiger partial charge in [0, 0.05) is 6.92 Å². The van der Waals surface area contributed by atoms with Crippen molar-refractivity contribution in [2.45, 2.75) is 6.92 Å². The zero-order valence-electron chi connectivity index (χ0n) is 4.83. The number of aliphatic hydroxyl groups is 1. The molecular formula is C4H7NO4. The van der Waals surface area contributed by atoms with E-state index in [-0.39, 0.29) is 0 Å². The molecule has 9 heavy (non-hydrogen) atoms. The third kappa shape index (κ3) is 4.46. The van der Waals surface area contributed by atoms with Gasteiger partial charge in [0.15, 0.2) is 0 Å². The Morgan fingerprint density at radius 3 is 2.56 bits per heavy atom. The summed E-state index contributed by atoms with van der Waals surface area (Å²) in [5.74, 6) is -1.31. The summed E-state index contributed by atoms with van der Waals surface area (Å²) in [5, 5.41) is 8.34. The molecule has 0 amide bonds. The largest absolute Gasteiger partial charge is 0.477 e. The summed E-state index contributed by atoms with van der Waals surface area (Å²) >= 11 is 0. The molecule has 0 unspecified atom stereocenters. The van der Waals surface area contributed by atoms with Gasteiger partial charge < -0.3 is 10.8 Å². The Kier molecular flexibility index (Phi) is 3.04. The summed E-state index contributed by atoms with van der Waals surface area (Å²) < 4.78 is 0. The third-order valence-electron chi connectivity index (χ3n) is 0.387. The summed E-state index contributed by atoms with van der Waals surface area (Å²) in [6.45, 7) is 1.13. The fourth-order valence-corrected chi connectivity index (χ4v) is 0.129. The van der Waals surface area contributed by atoms with E-state index in [1.807, 2.05) is 0 Å². The summed E-state index contributed by atoms with van der Waals surface area (Å²) in [4.78, 5) is 17.7. The van der Waals surface area contributed by atoms with Crippen LogP contribution in [0.4, 0.5) is 0 Å². The molecule has 0 atom stereocenters. The van der Waals surface area contributed by atoms with Crippen molar-refractivity contribution in [1.82, 2.24) is 0 Å². The van der Waals surface area contributed by atoms with Crippen LogP contribution in [-0.4, -0.2) is 11.1 Å². The lowest BCUT2D eigenvalue weighted by Gasteiger charge is -1.96. The van der Waals surface area contributed by atoms with Gasteiger partial charge in [0.05, 0.1) is 6.20 Å². The van der Waals surface area contributed by atoms with Gasteiger partial charge in [-0.05, 0) is 0 Å². The lowest BCUT2D eigenvalue weighted by atomic mass is 10.8. The Labute approximate surface area is 51.6 Å². The molecule has 0 saturated carbocycles. The minimum Gasteiger partial charge on any atom is -0.477 e. The summed E-state index contributed by atoms with van der Waals surface area (Å²) in [7, 11) is 0. The minimum atomic E-state index is -0.664. The molecule has 5 nitrogen and oxygen atoms in total. The number of carbonyl (C=O) groups excluding carboxylic acids is 1. The van der Waals surface area contributed by atoms with Crippen LogP contribution in [0.3, 0.4) is 0 Å². The first kappa shape index (κ1) is 7.61. The highest BCUT2D eigenvalue weighted by atomic mass is 17.2. The predicted octanol–water partition coefficient (Wildman–Crippen LogP) is -0.203. The molecule has 0 aliphatic rings. The second-order valence-electron chi connectivity index (χ2n) is 1.16. The molecule has 0 aromatic carbocycles. The van der Waals surface area contributed by atoms with Crippen LogP contribution >= 0.6 is 0 Å². The van der Waals surface area contributed by atoms with Crippen molar-refractivity contribution in [2.24, 2.45) is 5.73 Å². The van der Waals surface area contributed by atoms with Crippen molar-refractivity contribution in [3.05, 3.63) is 12.1 Å². The normalized spacial score (nSPS) is 10.6. The monoisotopic (exact) mass is 133 g/mol. The SMILES string of the molecule is CC(=O)OO/C(O)=C\N. The summed E-state index contributed by atoms with van der Waals surface area (Å²) in [6.07, 6.45) is 0.753. The highest BCUT2D eigenvalue weighted by Crippen LogP contribution is 1.88. The highest BCUT2D eigenvalue weighted by molar-refractivity contribution is 5.65. The van der Waals surface area contributed by atoms with Gasteiger partial charge >= 0.3 is 11.9 Å². The van der Waals surface area contributed by atoms with Gasteiger partial charge in [-0.1, -0.05) is 0 Å². The number of nitrogens with two attached hydrogens (primary N) is 1. The van der Waals surface area contributed by atoms with E-state index in [1.54, 1.807) is 0 Å². The number of hydrogen-bond acceptors (Lipinski definition) is 5. The Hall–Kier alpha value is -1.39. The average Bonchev–Trinajstić information content (AvgIpc) is 1.83. The van der Waals surface area contributed by atoms with E-state index in [0.717, 1.165) is 13.1 Å². The van der Waals surface area contributed by atoms with Gasteiger partial charge in [-0.3, -0.25) is 0 Å². The molecule has 0 saturated heterocycles. The van der Waals surface area contributed by atoms with Crippen molar-refractivity contribution in [1.29, 1.82) is 0 Å². The van der Waals surface area contributed by atoms with E-state index in [9.17, 15) is 4.79 Å². The van der Waals surface area contributed by atoms with Crippen LogP contribution in [0, 0.1) is 0 Å².